The van der Waals surface area contributed by atoms with Gasteiger partial charge in [0.25, 0.3) is 0 Å². The zero-order valence-electron chi connectivity index (χ0n) is 11.0. The minimum Gasteiger partial charge on any atom is -0.452 e. The van der Waals surface area contributed by atoms with Gasteiger partial charge in [0, 0.05) is 6.04 Å². The molecule has 0 saturated heterocycles. The summed E-state index contributed by atoms with van der Waals surface area (Å²) in [6, 6.07) is 11.0. The van der Waals surface area contributed by atoms with Gasteiger partial charge in [0.2, 0.25) is 0 Å². The van der Waals surface area contributed by atoms with Crippen molar-refractivity contribution < 1.29 is 4.42 Å². The van der Waals surface area contributed by atoms with E-state index in [0.717, 1.165) is 21.3 Å². The molecule has 1 atom stereocenters. The summed E-state index contributed by atoms with van der Waals surface area (Å²) < 4.78 is 7.23. The fraction of sp³-hybridized carbons (Fsp3) is 0.333. The molecule has 0 aliphatic rings. The smallest absolute Gasteiger partial charge is 0.183 e. The average molecular weight is 387 g/mol. The fourth-order valence-corrected chi connectivity index (χ4v) is 2.55. The van der Waals surface area contributed by atoms with E-state index in [0.29, 0.717) is 12.6 Å². The Labute approximate surface area is 130 Å². The highest BCUT2D eigenvalue weighted by atomic mass is 79.9. The van der Waals surface area contributed by atoms with Crippen molar-refractivity contribution in [1.29, 1.82) is 0 Å². The van der Waals surface area contributed by atoms with Gasteiger partial charge in [0.05, 0.1) is 11.0 Å². The van der Waals surface area contributed by atoms with Crippen molar-refractivity contribution in [2.45, 2.75) is 32.9 Å². The van der Waals surface area contributed by atoms with Crippen molar-refractivity contribution in [3.05, 3.63) is 56.4 Å². The molecule has 1 unspecified atom stereocenters. The summed E-state index contributed by atoms with van der Waals surface area (Å²) >= 11 is 6.76. The molecule has 0 radical (unpaired) electrons. The lowest BCUT2D eigenvalue weighted by atomic mass is 10.1. The van der Waals surface area contributed by atoms with E-state index in [1.165, 1.54) is 11.1 Å². The largest absolute Gasteiger partial charge is 0.452 e. The first-order valence-corrected chi connectivity index (χ1v) is 7.94. The van der Waals surface area contributed by atoms with Crippen molar-refractivity contribution in [3.8, 4) is 0 Å². The van der Waals surface area contributed by atoms with Crippen molar-refractivity contribution in [2.75, 3.05) is 0 Å². The minimum atomic E-state index is 0.300. The van der Waals surface area contributed by atoms with Crippen LogP contribution < -0.4 is 5.32 Å². The molecule has 0 aliphatic heterocycles. The standard InChI is InChI=1S/C15H17Br2NO/c1-3-11-4-6-12(7-5-11)10(2)18-9-13-8-14(16)15(17)19-13/h4-8,10,18H,3,9H2,1-2H3. The van der Waals surface area contributed by atoms with Crippen molar-refractivity contribution in [3.63, 3.8) is 0 Å². The molecule has 0 amide bonds. The average Bonchev–Trinajstić information content (AvgIpc) is 2.75. The molecule has 0 aliphatic carbocycles. The van der Waals surface area contributed by atoms with Gasteiger partial charge in [0.15, 0.2) is 4.67 Å². The topological polar surface area (TPSA) is 25.2 Å². The number of furan rings is 1. The second-order valence-electron chi connectivity index (χ2n) is 4.53. The molecule has 1 aromatic carbocycles. The predicted molar refractivity (Wildman–Crippen MR) is 85.2 cm³/mol. The van der Waals surface area contributed by atoms with Crippen LogP contribution in [0.3, 0.4) is 0 Å². The lowest BCUT2D eigenvalue weighted by molar-refractivity contribution is 0.446. The van der Waals surface area contributed by atoms with Crippen molar-refractivity contribution >= 4 is 31.9 Å². The lowest BCUT2D eigenvalue weighted by Gasteiger charge is -2.13. The first-order valence-electron chi connectivity index (χ1n) is 6.36. The number of hydrogen-bond donors (Lipinski definition) is 1. The Hall–Kier alpha value is -0.580. The summed E-state index contributed by atoms with van der Waals surface area (Å²) in [5.74, 6) is 0.913. The van der Waals surface area contributed by atoms with Crippen molar-refractivity contribution in [1.82, 2.24) is 5.32 Å². The number of benzene rings is 1. The van der Waals surface area contributed by atoms with Gasteiger partial charge in [-0.1, -0.05) is 31.2 Å². The van der Waals surface area contributed by atoms with Crippen LogP contribution in [0.25, 0.3) is 0 Å². The Morgan fingerprint density at radius 1 is 1.21 bits per heavy atom. The molecule has 0 saturated carbocycles. The summed E-state index contributed by atoms with van der Waals surface area (Å²) in [5.41, 5.74) is 2.66. The monoisotopic (exact) mass is 385 g/mol. The van der Waals surface area contributed by atoms with E-state index < -0.39 is 0 Å². The van der Waals surface area contributed by atoms with Gasteiger partial charge in [0.1, 0.15) is 5.76 Å². The number of nitrogens with one attached hydrogen (secondary N) is 1. The van der Waals surface area contributed by atoms with Gasteiger partial charge < -0.3 is 9.73 Å². The van der Waals surface area contributed by atoms with Gasteiger partial charge >= 0.3 is 0 Å². The summed E-state index contributed by atoms with van der Waals surface area (Å²) in [7, 11) is 0. The van der Waals surface area contributed by atoms with E-state index in [2.05, 4.69) is 75.3 Å². The highest BCUT2D eigenvalue weighted by Crippen LogP contribution is 2.27. The first kappa shape index (κ1) is 14.8. The SMILES string of the molecule is CCc1ccc(C(C)NCc2cc(Br)c(Br)o2)cc1. The van der Waals surface area contributed by atoms with Gasteiger partial charge in [-0.05, 0) is 62.4 Å². The third-order valence-corrected chi connectivity index (χ3v) is 4.88. The quantitative estimate of drug-likeness (QED) is 0.762. The first-order chi connectivity index (χ1) is 9.10. The summed E-state index contributed by atoms with van der Waals surface area (Å²) in [6.45, 7) is 5.04. The molecule has 0 fully saturated rings. The van der Waals surface area contributed by atoms with Crippen LogP contribution >= 0.6 is 31.9 Å². The second-order valence-corrected chi connectivity index (χ2v) is 6.11. The minimum absolute atomic E-state index is 0.300. The maximum atomic E-state index is 5.54. The molecular weight excluding hydrogens is 370 g/mol. The van der Waals surface area contributed by atoms with Crippen LogP contribution in [0.4, 0.5) is 0 Å². The van der Waals surface area contributed by atoms with E-state index >= 15 is 0 Å². The van der Waals surface area contributed by atoms with Crippen LogP contribution in [-0.4, -0.2) is 0 Å². The van der Waals surface area contributed by atoms with Gasteiger partial charge in [-0.25, -0.2) is 0 Å². The molecule has 2 aromatic rings. The Balaban J connectivity index is 1.94. The Morgan fingerprint density at radius 3 is 2.42 bits per heavy atom. The summed E-state index contributed by atoms with van der Waals surface area (Å²) in [5, 5.41) is 3.46. The zero-order valence-corrected chi connectivity index (χ0v) is 14.2. The van der Waals surface area contributed by atoms with Crippen LogP contribution in [0.1, 0.15) is 36.8 Å². The van der Waals surface area contributed by atoms with E-state index in [-0.39, 0.29) is 0 Å². The molecule has 0 bridgehead atoms. The molecule has 1 N–H and O–H groups in total. The normalized spacial score (nSPS) is 12.6. The predicted octanol–water partition coefficient (Wildman–Crippen LogP) is 5.22. The molecule has 1 heterocycles. The Bertz CT molecular complexity index is 514. The summed E-state index contributed by atoms with van der Waals surface area (Å²) in [4.78, 5) is 0. The number of rotatable bonds is 5. The maximum absolute atomic E-state index is 5.54. The Kier molecular flexibility index (Phi) is 5.25. The fourth-order valence-electron chi connectivity index (χ4n) is 1.89. The molecule has 19 heavy (non-hydrogen) atoms. The number of halogens is 2. The molecule has 4 heteroatoms. The molecule has 0 spiro atoms. The summed E-state index contributed by atoms with van der Waals surface area (Å²) in [6.07, 6.45) is 1.08. The molecule has 2 nitrogen and oxygen atoms in total. The third-order valence-electron chi connectivity index (χ3n) is 3.17. The third kappa shape index (κ3) is 3.94. The van der Waals surface area contributed by atoms with Gasteiger partial charge in [-0.2, -0.15) is 0 Å². The van der Waals surface area contributed by atoms with E-state index in [4.69, 9.17) is 4.42 Å². The van der Waals surface area contributed by atoms with Crippen LogP contribution in [0.5, 0.6) is 0 Å². The molecule has 1 aromatic heterocycles. The molecule has 2 rings (SSSR count). The Morgan fingerprint density at radius 2 is 1.89 bits per heavy atom. The van der Waals surface area contributed by atoms with E-state index in [9.17, 15) is 0 Å². The number of hydrogen-bond acceptors (Lipinski definition) is 2. The molecule has 102 valence electrons. The number of aryl methyl sites for hydroxylation is 1. The maximum Gasteiger partial charge on any atom is 0.183 e. The van der Waals surface area contributed by atoms with Gasteiger partial charge in [-0.15, -0.1) is 0 Å². The highest BCUT2D eigenvalue weighted by molar-refractivity contribution is 9.13. The van der Waals surface area contributed by atoms with Gasteiger partial charge in [-0.3, -0.25) is 0 Å². The van der Waals surface area contributed by atoms with Crippen LogP contribution in [-0.2, 0) is 13.0 Å². The second kappa shape index (κ2) is 6.73. The highest BCUT2D eigenvalue weighted by Gasteiger charge is 2.09. The van der Waals surface area contributed by atoms with Crippen LogP contribution in [0, 0.1) is 0 Å². The lowest BCUT2D eigenvalue weighted by Crippen LogP contribution is -2.17. The van der Waals surface area contributed by atoms with Crippen LogP contribution in [0.2, 0.25) is 0 Å². The van der Waals surface area contributed by atoms with Crippen molar-refractivity contribution in [2.24, 2.45) is 0 Å². The molecular formula is C15H17Br2NO. The zero-order chi connectivity index (χ0) is 13.8. The van der Waals surface area contributed by atoms with Crippen LogP contribution in [0.15, 0.2) is 43.9 Å². The van der Waals surface area contributed by atoms with E-state index in [1.54, 1.807) is 0 Å². The van der Waals surface area contributed by atoms with E-state index in [1.807, 2.05) is 6.07 Å².